The zero-order chi connectivity index (χ0) is 12.1. The van der Waals surface area contributed by atoms with Gasteiger partial charge >= 0.3 is 0 Å². The second-order valence-electron chi connectivity index (χ2n) is 3.98. The van der Waals surface area contributed by atoms with Gasteiger partial charge in [0.15, 0.2) is 0 Å². The molecule has 0 bridgehead atoms. The lowest BCUT2D eigenvalue weighted by Gasteiger charge is -2.09. The van der Waals surface area contributed by atoms with E-state index in [0.29, 0.717) is 18.4 Å². The molecule has 17 heavy (non-hydrogen) atoms. The Morgan fingerprint density at radius 2 is 2.12 bits per heavy atom. The summed E-state index contributed by atoms with van der Waals surface area (Å²) in [7, 11) is 0. The maximum atomic E-state index is 5.84. The van der Waals surface area contributed by atoms with Crippen molar-refractivity contribution < 1.29 is 4.74 Å². The van der Waals surface area contributed by atoms with E-state index in [0.717, 1.165) is 29.3 Å². The predicted molar refractivity (Wildman–Crippen MR) is 71.7 cm³/mol. The molecular weight excluding hydrogens is 234 g/mol. The molecule has 0 amide bonds. The van der Waals surface area contributed by atoms with Gasteiger partial charge in [-0.25, -0.2) is 4.98 Å². The smallest absolute Gasteiger partial charge is 0.221 e. The van der Waals surface area contributed by atoms with Crippen molar-refractivity contribution in [2.45, 2.75) is 25.6 Å². The van der Waals surface area contributed by atoms with Gasteiger partial charge in [-0.05, 0) is 23.9 Å². The van der Waals surface area contributed by atoms with Crippen LogP contribution in [0.15, 0.2) is 30.3 Å². The van der Waals surface area contributed by atoms with Gasteiger partial charge in [0.25, 0.3) is 0 Å². The molecule has 0 saturated heterocycles. The van der Waals surface area contributed by atoms with E-state index < -0.39 is 0 Å². The molecule has 0 N–H and O–H groups in total. The van der Waals surface area contributed by atoms with E-state index in [1.54, 1.807) is 0 Å². The van der Waals surface area contributed by atoms with E-state index in [9.17, 15) is 0 Å². The van der Waals surface area contributed by atoms with Crippen LogP contribution in [-0.2, 0) is 5.88 Å². The van der Waals surface area contributed by atoms with Crippen LogP contribution in [0.5, 0.6) is 5.88 Å². The Hall–Kier alpha value is -1.28. The third-order valence-electron chi connectivity index (χ3n) is 2.63. The molecule has 0 fully saturated rings. The third-order valence-corrected chi connectivity index (χ3v) is 2.91. The van der Waals surface area contributed by atoms with Crippen molar-refractivity contribution in [2.24, 2.45) is 0 Å². The van der Waals surface area contributed by atoms with Crippen LogP contribution in [0.4, 0.5) is 0 Å². The highest BCUT2D eigenvalue weighted by molar-refractivity contribution is 6.17. The number of benzene rings is 1. The summed E-state index contributed by atoms with van der Waals surface area (Å²) in [5, 5.41) is 2.18. The van der Waals surface area contributed by atoms with Crippen LogP contribution in [0.1, 0.15) is 25.5 Å². The van der Waals surface area contributed by atoms with Gasteiger partial charge in [0.1, 0.15) is 0 Å². The quantitative estimate of drug-likeness (QED) is 0.587. The van der Waals surface area contributed by atoms with E-state index in [1.807, 2.05) is 24.3 Å². The minimum absolute atomic E-state index is 0.412. The molecule has 0 radical (unpaired) electrons. The monoisotopic (exact) mass is 249 g/mol. The predicted octanol–water partition coefficient (Wildman–Crippen LogP) is 4.15. The molecule has 0 atom stereocenters. The molecular formula is C14H16ClNO. The van der Waals surface area contributed by atoms with Crippen LogP contribution in [0.3, 0.4) is 0 Å². The summed E-state index contributed by atoms with van der Waals surface area (Å²) < 4.78 is 5.73. The van der Waals surface area contributed by atoms with Crippen LogP contribution in [0, 0.1) is 0 Å². The van der Waals surface area contributed by atoms with Gasteiger partial charge in [-0.15, -0.1) is 11.6 Å². The summed E-state index contributed by atoms with van der Waals surface area (Å²) in [6, 6.07) is 10.1. The molecule has 1 heterocycles. The van der Waals surface area contributed by atoms with Crippen molar-refractivity contribution in [1.82, 2.24) is 4.98 Å². The number of halogens is 1. The van der Waals surface area contributed by atoms with Crippen LogP contribution in [0.25, 0.3) is 10.8 Å². The lowest BCUT2D eigenvalue weighted by atomic mass is 10.1. The van der Waals surface area contributed by atoms with E-state index in [2.05, 4.69) is 18.0 Å². The number of alkyl halides is 1. The molecule has 3 heteroatoms. The van der Waals surface area contributed by atoms with Gasteiger partial charge in [0.2, 0.25) is 5.88 Å². The van der Waals surface area contributed by atoms with Crippen molar-refractivity contribution in [3.05, 3.63) is 36.0 Å². The maximum Gasteiger partial charge on any atom is 0.221 e. The van der Waals surface area contributed by atoms with Crippen molar-refractivity contribution in [3.8, 4) is 5.88 Å². The average molecular weight is 250 g/mol. The fraction of sp³-hybridized carbons (Fsp3) is 0.357. The van der Waals surface area contributed by atoms with E-state index in [-0.39, 0.29) is 0 Å². The Bertz CT molecular complexity index is 499. The number of nitrogens with zero attached hydrogens (tertiary/aromatic N) is 1. The SMILES string of the molecule is CCCCOc1nc(CCl)cc2ccccc12. The molecule has 2 rings (SSSR count). The molecule has 0 unspecified atom stereocenters. The average Bonchev–Trinajstić information content (AvgIpc) is 2.38. The van der Waals surface area contributed by atoms with E-state index in [1.165, 1.54) is 0 Å². The summed E-state index contributed by atoms with van der Waals surface area (Å²) in [4.78, 5) is 4.44. The number of ether oxygens (including phenoxy) is 1. The zero-order valence-electron chi connectivity index (χ0n) is 9.95. The third kappa shape index (κ3) is 2.89. The molecule has 1 aromatic carbocycles. The molecule has 0 aliphatic heterocycles. The Kier molecular flexibility index (Phi) is 4.21. The zero-order valence-corrected chi connectivity index (χ0v) is 10.7. The number of pyridine rings is 1. The van der Waals surface area contributed by atoms with Crippen LogP contribution < -0.4 is 4.74 Å². The van der Waals surface area contributed by atoms with Gasteiger partial charge in [-0.1, -0.05) is 31.5 Å². The molecule has 1 aromatic heterocycles. The van der Waals surface area contributed by atoms with E-state index >= 15 is 0 Å². The Morgan fingerprint density at radius 1 is 1.29 bits per heavy atom. The molecule has 2 nitrogen and oxygen atoms in total. The van der Waals surface area contributed by atoms with Crippen LogP contribution in [0.2, 0.25) is 0 Å². The molecule has 2 aromatic rings. The molecule has 90 valence electrons. The molecule has 0 saturated carbocycles. The lowest BCUT2D eigenvalue weighted by Crippen LogP contribution is -2.00. The number of hydrogen-bond acceptors (Lipinski definition) is 2. The summed E-state index contributed by atoms with van der Waals surface area (Å²) >= 11 is 5.84. The van der Waals surface area contributed by atoms with Crippen LogP contribution in [-0.4, -0.2) is 11.6 Å². The largest absolute Gasteiger partial charge is 0.477 e. The fourth-order valence-electron chi connectivity index (χ4n) is 1.71. The highest BCUT2D eigenvalue weighted by atomic mass is 35.5. The lowest BCUT2D eigenvalue weighted by molar-refractivity contribution is 0.301. The first-order chi connectivity index (χ1) is 8.35. The minimum atomic E-state index is 0.412. The second-order valence-corrected chi connectivity index (χ2v) is 4.24. The minimum Gasteiger partial charge on any atom is -0.477 e. The van der Waals surface area contributed by atoms with Gasteiger partial charge in [0.05, 0.1) is 18.2 Å². The van der Waals surface area contributed by atoms with Gasteiger partial charge in [-0.2, -0.15) is 0 Å². The van der Waals surface area contributed by atoms with Gasteiger partial charge in [0, 0.05) is 5.39 Å². The Labute approximate surface area is 107 Å². The molecule has 0 aliphatic rings. The summed E-state index contributed by atoms with van der Waals surface area (Å²) in [6.07, 6.45) is 2.16. The second kappa shape index (κ2) is 5.87. The van der Waals surface area contributed by atoms with Crippen molar-refractivity contribution in [1.29, 1.82) is 0 Å². The summed E-state index contributed by atoms with van der Waals surface area (Å²) in [5.74, 6) is 1.11. The van der Waals surface area contributed by atoms with Gasteiger partial charge in [-0.3, -0.25) is 0 Å². The number of fused-ring (bicyclic) bond motifs is 1. The number of aromatic nitrogens is 1. The Balaban J connectivity index is 2.36. The van der Waals surface area contributed by atoms with Gasteiger partial charge < -0.3 is 4.74 Å². The maximum absolute atomic E-state index is 5.84. The highest BCUT2D eigenvalue weighted by Gasteiger charge is 2.06. The van der Waals surface area contributed by atoms with Crippen LogP contribution >= 0.6 is 11.6 Å². The number of rotatable bonds is 5. The van der Waals surface area contributed by atoms with E-state index in [4.69, 9.17) is 16.3 Å². The standard InChI is InChI=1S/C14H16ClNO/c1-2-3-8-17-14-13-7-5-4-6-11(13)9-12(10-15)16-14/h4-7,9H,2-3,8,10H2,1H3. The first-order valence-corrected chi connectivity index (χ1v) is 6.46. The Morgan fingerprint density at radius 3 is 2.88 bits per heavy atom. The first kappa shape index (κ1) is 12.2. The fourth-order valence-corrected chi connectivity index (χ4v) is 1.85. The first-order valence-electron chi connectivity index (χ1n) is 5.92. The topological polar surface area (TPSA) is 22.1 Å². The summed E-state index contributed by atoms with van der Waals surface area (Å²) in [6.45, 7) is 2.85. The number of unbranched alkanes of at least 4 members (excludes halogenated alkanes) is 1. The summed E-state index contributed by atoms with van der Waals surface area (Å²) in [5.41, 5.74) is 0.858. The molecule has 0 aliphatic carbocycles. The highest BCUT2D eigenvalue weighted by Crippen LogP contribution is 2.25. The van der Waals surface area contributed by atoms with Crippen molar-refractivity contribution in [3.63, 3.8) is 0 Å². The normalized spacial score (nSPS) is 10.7. The van der Waals surface area contributed by atoms with Crippen molar-refractivity contribution in [2.75, 3.05) is 6.61 Å². The van der Waals surface area contributed by atoms with Crippen molar-refractivity contribution >= 4 is 22.4 Å². The number of hydrogen-bond donors (Lipinski definition) is 0. The molecule has 0 spiro atoms.